The minimum Gasteiger partial charge on any atom is -0.356 e. The van der Waals surface area contributed by atoms with E-state index in [2.05, 4.69) is 15.6 Å². The summed E-state index contributed by atoms with van der Waals surface area (Å²) in [4.78, 5) is 4.11. The minimum absolute atomic E-state index is 0.221. The second kappa shape index (κ2) is 8.27. The molecule has 0 aliphatic rings. The van der Waals surface area contributed by atoms with E-state index < -0.39 is 0 Å². The number of aryl methyl sites for hydroxylation is 1. The van der Waals surface area contributed by atoms with Gasteiger partial charge in [0, 0.05) is 25.7 Å². The van der Waals surface area contributed by atoms with Crippen LogP contribution in [0.3, 0.4) is 0 Å². The molecular formula is C18H21F2N3. The maximum absolute atomic E-state index is 13.6. The summed E-state index contributed by atoms with van der Waals surface area (Å²) in [5, 5.41) is 6.25. The molecule has 0 heterocycles. The molecule has 0 amide bonds. The number of guanidine groups is 1. The highest BCUT2D eigenvalue weighted by atomic mass is 19.1. The molecule has 0 saturated carbocycles. The van der Waals surface area contributed by atoms with Gasteiger partial charge < -0.3 is 10.6 Å². The first-order chi connectivity index (χ1) is 11.1. The van der Waals surface area contributed by atoms with Crippen LogP contribution in [0.2, 0.25) is 0 Å². The highest BCUT2D eigenvalue weighted by Gasteiger charge is 2.04. The Morgan fingerprint density at radius 2 is 1.83 bits per heavy atom. The molecule has 2 aromatic rings. The Balaban J connectivity index is 1.82. The molecular weight excluding hydrogens is 296 g/mol. The normalized spacial score (nSPS) is 11.4. The first-order valence-corrected chi connectivity index (χ1v) is 7.53. The summed E-state index contributed by atoms with van der Waals surface area (Å²) < 4.78 is 26.6. The van der Waals surface area contributed by atoms with Crippen LogP contribution in [-0.4, -0.2) is 19.6 Å². The quantitative estimate of drug-likeness (QED) is 0.656. The van der Waals surface area contributed by atoms with E-state index in [1.807, 2.05) is 6.92 Å². The van der Waals surface area contributed by atoms with Crippen molar-refractivity contribution in [2.24, 2.45) is 4.99 Å². The number of aliphatic imine (C=N–C) groups is 1. The largest absolute Gasteiger partial charge is 0.356 e. The lowest BCUT2D eigenvalue weighted by Gasteiger charge is -2.13. The second-order valence-corrected chi connectivity index (χ2v) is 5.26. The van der Waals surface area contributed by atoms with Crippen LogP contribution in [0.5, 0.6) is 0 Å². The van der Waals surface area contributed by atoms with E-state index in [1.54, 1.807) is 31.3 Å². The molecule has 0 fully saturated rings. The summed E-state index contributed by atoms with van der Waals surface area (Å²) in [5.41, 5.74) is 2.61. The van der Waals surface area contributed by atoms with E-state index in [-0.39, 0.29) is 11.6 Å². The van der Waals surface area contributed by atoms with Gasteiger partial charge in [0.05, 0.1) is 0 Å². The van der Waals surface area contributed by atoms with E-state index in [9.17, 15) is 8.78 Å². The topological polar surface area (TPSA) is 36.4 Å². The molecule has 0 atom stereocenters. The van der Waals surface area contributed by atoms with Crippen molar-refractivity contribution >= 4 is 5.96 Å². The molecule has 0 saturated heterocycles. The Labute approximate surface area is 135 Å². The summed E-state index contributed by atoms with van der Waals surface area (Å²) >= 11 is 0. The molecule has 2 N–H and O–H groups in total. The average molecular weight is 317 g/mol. The highest BCUT2D eigenvalue weighted by Crippen LogP contribution is 2.10. The van der Waals surface area contributed by atoms with Crippen LogP contribution in [0.15, 0.2) is 47.5 Å². The third-order valence-corrected chi connectivity index (χ3v) is 3.62. The van der Waals surface area contributed by atoms with E-state index >= 15 is 0 Å². The molecule has 5 heteroatoms. The van der Waals surface area contributed by atoms with Crippen LogP contribution < -0.4 is 10.6 Å². The van der Waals surface area contributed by atoms with E-state index in [0.717, 1.165) is 17.5 Å². The Morgan fingerprint density at radius 1 is 1.04 bits per heavy atom. The fourth-order valence-corrected chi connectivity index (χ4v) is 2.30. The van der Waals surface area contributed by atoms with Gasteiger partial charge in [0.2, 0.25) is 0 Å². The van der Waals surface area contributed by atoms with Gasteiger partial charge in [-0.2, -0.15) is 0 Å². The molecule has 0 spiro atoms. The zero-order chi connectivity index (χ0) is 16.7. The Morgan fingerprint density at radius 3 is 2.52 bits per heavy atom. The summed E-state index contributed by atoms with van der Waals surface area (Å²) in [6.45, 7) is 2.91. The molecule has 0 radical (unpaired) electrons. The average Bonchev–Trinajstić information content (AvgIpc) is 2.54. The van der Waals surface area contributed by atoms with Crippen molar-refractivity contribution in [3.63, 3.8) is 0 Å². The van der Waals surface area contributed by atoms with Gasteiger partial charge in [0.25, 0.3) is 0 Å². The van der Waals surface area contributed by atoms with Crippen molar-refractivity contribution in [3.8, 4) is 0 Å². The fraction of sp³-hybridized carbons (Fsp3) is 0.278. The van der Waals surface area contributed by atoms with Gasteiger partial charge in [0.15, 0.2) is 5.96 Å². The number of benzene rings is 2. The van der Waals surface area contributed by atoms with Crippen molar-refractivity contribution in [1.82, 2.24) is 10.6 Å². The van der Waals surface area contributed by atoms with Gasteiger partial charge in [-0.3, -0.25) is 4.99 Å². The Kier molecular flexibility index (Phi) is 6.09. The van der Waals surface area contributed by atoms with Crippen LogP contribution in [0.1, 0.15) is 16.7 Å². The van der Waals surface area contributed by atoms with E-state index in [0.29, 0.717) is 24.6 Å². The maximum Gasteiger partial charge on any atom is 0.191 e. The Hall–Kier alpha value is -2.43. The first-order valence-electron chi connectivity index (χ1n) is 7.53. The number of hydrogen-bond acceptors (Lipinski definition) is 1. The van der Waals surface area contributed by atoms with Crippen LogP contribution >= 0.6 is 0 Å². The lowest BCUT2D eigenvalue weighted by atomic mass is 10.1. The third kappa shape index (κ3) is 5.06. The van der Waals surface area contributed by atoms with Gasteiger partial charge >= 0.3 is 0 Å². The molecule has 0 unspecified atom stereocenters. The number of nitrogens with zero attached hydrogens (tertiary/aromatic N) is 1. The molecule has 0 aliphatic carbocycles. The van der Waals surface area contributed by atoms with E-state index in [4.69, 9.17) is 0 Å². The highest BCUT2D eigenvalue weighted by molar-refractivity contribution is 5.79. The summed E-state index contributed by atoms with van der Waals surface area (Å²) in [6, 6.07) is 11.4. The van der Waals surface area contributed by atoms with E-state index in [1.165, 1.54) is 18.2 Å². The molecule has 0 aromatic heterocycles. The zero-order valence-corrected chi connectivity index (χ0v) is 13.4. The summed E-state index contributed by atoms with van der Waals surface area (Å²) in [6.07, 6.45) is 0.756. The standard InChI is InChI=1S/C18H21F2N3/c1-13-11-16(19)8-7-14(13)9-10-22-18(21-2)23-12-15-5-3-4-6-17(15)20/h3-8,11H,9-10,12H2,1-2H3,(H2,21,22,23). The number of nitrogens with one attached hydrogen (secondary N) is 2. The molecule has 2 aromatic carbocycles. The molecule has 3 nitrogen and oxygen atoms in total. The van der Waals surface area contributed by atoms with Gasteiger partial charge in [0.1, 0.15) is 11.6 Å². The molecule has 0 aliphatic heterocycles. The molecule has 0 bridgehead atoms. The van der Waals surface area contributed by atoms with Gasteiger partial charge in [-0.25, -0.2) is 8.78 Å². The Bertz CT molecular complexity index is 684. The molecule has 2 rings (SSSR count). The lowest BCUT2D eigenvalue weighted by molar-refractivity contribution is 0.604. The van der Waals surface area contributed by atoms with Gasteiger partial charge in [-0.05, 0) is 42.7 Å². The van der Waals surface area contributed by atoms with Crippen LogP contribution in [0, 0.1) is 18.6 Å². The molecule has 122 valence electrons. The first kappa shape index (κ1) is 16.9. The number of hydrogen-bond donors (Lipinski definition) is 2. The SMILES string of the molecule is CN=C(NCCc1ccc(F)cc1C)NCc1ccccc1F. The van der Waals surface area contributed by atoms with Gasteiger partial charge in [-0.1, -0.05) is 24.3 Å². The smallest absolute Gasteiger partial charge is 0.191 e. The number of halogens is 2. The predicted octanol–water partition coefficient (Wildman–Crippen LogP) is 3.18. The summed E-state index contributed by atoms with van der Waals surface area (Å²) in [5.74, 6) is 0.145. The van der Waals surface area contributed by atoms with Crippen molar-refractivity contribution in [3.05, 3.63) is 70.8 Å². The number of rotatable bonds is 5. The second-order valence-electron chi connectivity index (χ2n) is 5.26. The third-order valence-electron chi connectivity index (χ3n) is 3.62. The van der Waals surface area contributed by atoms with Crippen molar-refractivity contribution in [2.45, 2.75) is 19.9 Å². The molecule has 23 heavy (non-hydrogen) atoms. The predicted molar refractivity (Wildman–Crippen MR) is 89.4 cm³/mol. The van der Waals surface area contributed by atoms with Crippen LogP contribution in [0.25, 0.3) is 0 Å². The summed E-state index contributed by atoms with van der Waals surface area (Å²) in [7, 11) is 1.67. The zero-order valence-electron chi connectivity index (χ0n) is 13.4. The van der Waals surface area contributed by atoms with Crippen molar-refractivity contribution in [1.29, 1.82) is 0 Å². The van der Waals surface area contributed by atoms with Crippen LogP contribution in [0.4, 0.5) is 8.78 Å². The lowest BCUT2D eigenvalue weighted by Crippen LogP contribution is -2.38. The van der Waals surface area contributed by atoms with Crippen molar-refractivity contribution in [2.75, 3.05) is 13.6 Å². The fourth-order valence-electron chi connectivity index (χ4n) is 2.30. The van der Waals surface area contributed by atoms with Crippen LogP contribution in [-0.2, 0) is 13.0 Å². The maximum atomic E-state index is 13.6. The monoisotopic (exact) mass is 317 g/mol. The van der Waals surface area contributed by atoms with Crippen molar-refractivity contribution < 1.29 is 8.78 Å². The minimum atomic E-state index is -0.239. The van der Waals surface area contributed by atoms with Gasteiger partial charge in [-0.15, -0.1) is 0 Å².